The van der Waals surface area contributed by atoms with Crippen LogP contribution in [0.25, 0.3) is 0 Å². The van der Waals surface area contributed by atoms with Gasteiger partial charge in [0.15, 0.2) is 0 Å². The Bertz CT molecular complexity index is 422. The number of benzene rings is 1. The molecule has 1 rings (SSSR count). The molecule has 1 aromatic carbocycles. The lowest BCUT2D eigenvalue weighted by Gasteiger charge is -2.12. The summed E-state index contributed by atoms with van der Waals surface area (Å²) in [4.78, 5) is 12.2. The summed E-state index contributed by atoms with van der Waals surface area (Å²) in [6.45, 7) is 6.84. The van der Waals surface area contributed by atoms with Gasteiger partial charge in [0, 0.05) is 25.9 Å². The summed E-state index contributed by atoms with van der Waals surface area (Å²) in [6.07, 6.45) is 0. The second-order valence-corrected chi connectivity index (χ2v) is 4.44. The minimum Gasteiger partial charge on any atom is -0.385 e. The first-order valence-electron chi connectivity index (χ1n) is 6.88. The summed E-state index contributed by atoms with van der Waals surface area (Å²) in [5.41, 5.74) is 2.59. The van der Waals surface area contributed by atoms with Gasteiger partial charge in [-0.15, -0.1) is 0 Å². The van der Waals surface area contributed by atoms with E-state index in [0.717, 1.165) is 17.8 Å². The predicted molar refractivity (Wildman–Crippen MR) is 80.4 cm³/mol. The van der Waals surface area contributed by atoms with E-state index in [1.54, 1.807) is 7.11 Å². The van der Waals surface area contributed by atoms with Gasteiger partial charge in [0.25, 0.3) is 5.91 Å². The zero-order valence-electron chi connectivity index (χ0n) is 12.5. The molecular formula is C15H24N2O3. The van der Waals surface area contributed by atoms with Gasteiger partial charge in [-0.05, 0) is 26.0 Å². The number of amides is 1. The molecule has 0 radical (unpaired) electrons. The number of nitrogens with one attached hydrogen (secondary N) is 2. The van der Waals surface area contributed by atoms with E-state index < -0.39 is 0 Å². The predicted octanol–water partition coefficient (Wildman–Crippen LogP) is 1.82. The third-order valence-electron chi connectivity index (χ3n) is 2.75. The normalized spacial score (nSPS) is 10.3. The third kappa shape index (κ3) is 5.59. The molecule has 0 saturated heterocycles. The fraction of sp³-hybridized carbons (Fsp3) is 0.533. The van der Waals surface area contributed by atoms with E-state index >= 15 is 0 Å². The van der Waals surface area contributed by atoms with Crippen molar-refractivity contribution in [3.63, 3.8) is 0 Å². The van der Waals surface area contributed by atoms with Crippen LogP contribution in [-0.2, 0) is 9.47 Å². The molecule has 20 heavy (non-hydrogen) atoms. The molecule has 0 aliphatic carbocycles. The van der Waals surface area contributed by atoms with Gasteiger partial charge >= 0.3 is 0 Å². The number of hydrogen-bond acceptors (Lipinski definition) is 4. The molecule has 5 heteroatoms. The van der Waals surface area contributed by atoms with Crippen LogP contribution in [-0.4, -0.2) is 45.9 Å². The fourth-order valence-corrected chi connectivity index (χ4v) is 1.77. The van der Waals surface area contributed by atoms with Crippen LogP contribution in [0.15, 0.2) is 18.2 Å². The van der Waals surface area contributed by atoms with Gasteiger partial charge in [0.2, 0.25) is 0 Å². The smallest absolute Gasteiger partial charge is 0.253 e. The largest absolute Gasteiger partial charge is 0.385 e. The molecule has 0 atom stereocenters. The summed E-state index contributed by atoms with van der Waals surface area (Å²) in [5, 5.41) is 6.05. The Kier molecular flexibility index (Phi) is 7.69. The van der Waals surface area contributed by atoms with Gasteiger partial charge in [-0.2, -0.15) is 0 Å². The molecule has 0 heterocycles. The van der Waals surface area contributed by atoms with Crippen molar-refractivity contribution in [2.45, 2.75) is 13.8 Å². The second-order valence-electron chi connectivity index (χ2n) is 4.44. The zero-order valence-corrected chi connectivity index (χ0v) is 12.5. The fourth-order valence-electron chi connectivity index (χ4n) is 1.77. The Morgan fingerprint density at radius 1 is 1.25 bits per heavy atom. The highest BCUT2D eigenvalue weighted by Crippen LogP contribution is 2.17. The number of rotatable bonds is 9. The van der Waals surface area contributed by atoms with Crippen molar-refractivity contribution in [2.75, 3.05) is 45.3 Å². The lowest BCUT2D eigenvalue weighted by atomic mass is 10.1. The van der Waals surface area contributed by atoms with Crippen molar-refractivity contribution in [3.8, 4) is 0 Å². The van der Waals surface area contributed by atoms with E-state index in [1.807, 2.05) is 32.0 Å². The average molecular weight is 280 g/mol. The first kappa shape index (κ1) is 16.5. The lowest BCUT2D eigenvalue weighted by Crippen LogP contribution is -2.28. The molecule has 0 fully saturated rings. The van der Waals surface area contributed by atoms with Gasteiger partial charge in [0.1, 0.15) is 0 Å². The van der Waals surface area contributed by atoms with Crippen LogP contribution in [0.5, 0.6) is 0 Å². The maximum absolute atomic E-state index is 12.2. The molecule has 1 aromatic rings. The van der Waals surface area contributed by atoms with E-state index in [4.69, 9.17) is 9.47 Å². The van der Waals surface area contributed by atoms with Crippen molar-refractivity contribution in [2.24, 2.45) is 0 Å². The van der Waals surface area contributed by atoms with Gasteiger partial charge < -0.3 is 20.1 Å². The Balaban J connectivity index is 2.47. The van der Waals surface area contributed by atoms with Crippen LogP contribution in [0.3, 0.4) is 0 Å². The topological polar surface area (TPSA) is 59.6 Å². The Hall–Kier alpha value is -1.59. The average Bonchev–Trinajstić information content (AvgIpc) is 2.44. The highest BCUT2D eigenvalue weighted by molar-refractivity contribution is 5.99. The summed E-state index contributed by atoms with van der Waals surface area (Å²) >= 11 is 0. The maximum atomic E-state index is 12.2. The summed E-state index contributed by atoms with van der Waals surface area (Å²) in [5.74, 6) is -0.0833. The molecule has 0 aromatic heterocycles. The van der Waals surface area contributed by atoms with E-state index in [2.05, 4.69) is 10.6 Å². The molecule has 1 amide bonds. The second kappa shape index (κ2) is 9.34. The van der Waals surface area contributed by atoms with Gasteiger partial charge in [-0.1, -0.05) is 11.6 Å². The third-order valence-corrected chi connectivity index (χ3v) is 2.75. The highest BCUT2D eigenvalue weighted by Gasteiger charge is 2.10. The highest BCUT2D eigenvalue weighted by atomic mass is 16.5. The van der Waals surface area contributed by atoms with Gasteiger partial charge in [0.05, 0.1) is 25.4 Å². The van der Waals surface area contributed by atoms with Crippen molar-refractivity contribution >= 4 is 11.6 Å². The molecule has 0 aliphatic heterocycles. The molecule has 0 spiro atoms. The number of carbonyl (C=O) groups is 1. The summed E-state index contributed by atoms with van der Waals surface area (Å²) < 4.78 is 10.2. The van der Waals surface area contributed by atoms with Gasteiger partial charge in [-0.3, -0.25) is 4.79 Å². The number of hydrogen-bond donors (Lipinski definition) is 2. The zero-order chi connectivity index (χ0) is 14.8. The van der Waals surface area contributed by atoms with Crippen LogP contribution in [0.1, 0.15) is 22.8 Å². The number of anilines is 1. The number of carbonyl (C=O) groups excluding carboxylic acids is 1. The van der Waals surface area contributed by atoms with Crippen LogP contribution in [0.4, 0.5) is 5.69 Å². The minimum absolute atomic E-state index is 0.0833. The molecule has 5 nitrogen and oxygen atoms in total. The molecule has 0 unspecified atom stereocenters. The van der Waals surface area contributed by atoms with E-state index in [9.17, 15) is 4.79 Å². The van der Waals surface area contributed by atoms with E-state index in [-0.39, 0.29) is 5.91 Å². The van der Waals surface area contributed by atoms with Gasteiger partial charge in [-0.25, -0.2) is 0 Å². The van der Waals surface area contributed by atoms with Crippen molar-refractivity contribution < 1.29 is 14.3 Å². The molecule has 0 bridgehead atoms. The Morgan fingerprint density at radius 3 is 2.75 bits per heavy atom. The monoisotopic (exact) mass is 280 g/mol. The summed E-state index contributed by atoms with van der Waals surface area (Å²) in [6, 6.07) is 5.81. The molecule has 0 aliphatic rings. The van der Waals surface area contributed by atoms with E-state index in [1.165, 1.54) is 0 Å². The quantitative estimate of drug-likeness (QED) is 0.677. The first-order valence-corrected chi connectivity index (χ1v) is 6.88. The van der Waals surface area contributed by atoms with Crippen LogP contribution in [0, 0.1) is 6.92 Å². The molecule has 2 N–H and O–H groups in total. The number of aryl methyl sites for hydroxylation is 1. The van der Waals surface area contributed by atoms with E-state index in [0.29, 0.717) is 31.9 Å². The molecule has 112 valence electrons. The van der Waals surface area contributed by atoms with Crippen molar-refractivity contribution in [1.29, 1.82) is 0 Å². The minimum atomic E-state index is -0.0833. The first-order chi connectivity index (χ1) is 9.69. The standard InChI is InChI=1S/C15H24N2O3/c1-4-16-14-6-5-12(2)11-13(14)15(18)17-7-8-20-10-9-19-3/h5-6,11,16H,4,7-10H2,1-3H3,(H,17,18). The summed E-state index contributed by atoms with van der Waals surface area (Å²) in [7, 11) is 1.63. The molecular weight excluding hydrogens is 256 g/mol. The van der Waals surface area contributed by atoms with Crippen LogP contribution >= 0.6 is 0 Å². The van der Waals surface area contributed by atoms with Crippen molar-refractivity contribution in [1.82, 2.24) is 5.32 Å². The Labute approximate surface area is 120 Å². The lowest BCUT2D eigenvalue weighted by molar-refractivity contribution is 0.0693. The van der Waals surface area contributed by atoms with Crippen molar-refractivity contribution in [3.05, 3.63) is 29.3 Å². The number of ether oxygens (including phenoxy) is 2. The van der Waals surface area contributed by atoms with Crippen LogP contribution < -0.4 is 10.6 Å². The SMILES string of the molecule is CCNc1ccc(C)cc1C(=O)NCCOCCOC. The molecule has 0 saturated carbocycles. The van der Waals surface area contributed by atoms with Crippen LogP contribution in [0.2, 0.25) is 0 Å². The number of methoxy groups -OCH3 is 1. The Morgan fingerprint density at radius 2 is 2.05 bits per heavy atom. The maximum Gasteiger partial charge on any atom is 0.253 e.